The van der Waals surface area contributed by atoms with Crippen molar-refractivity contribution in [1.82, 2.24) is 40.5 Å². The number of imide groups is 1. The molecular weight excluding hydrogens is 894 g/mol. The minimum Gasteiger partial charge on any atom is -0.495 e. The minimum atomic E-state index is -0.654. The van der Waals surface area contributed by atoms with E-state index in [2.05, 4.69) is 43.1 Å². The summed E-state index contributed by atoms with van der Waals surface area (Å²) in [5.74, 6) is 7.06. The molecule has 19 heteroatoms. The van der Waals surface area contributed by atoms with E-state index in [1.165, 1.54) is 11.3 Å². The molecule has 2 aromatic carbocycles. The van der Waals surface area contributed by atoms with Crippen LogP contribution in [-0.4, -0.2) is 106 Å². The van der Waals surface area contributed by atoms with E-state index in [1.807, 2.05) is 65.2 Å². The first kappa shape index (κ1) is 45.8. The first-order valence-electron chi connectivity index (χ1n) is 22.7. The first-order valence-corrected chi connectivity index (χ1v) is 23.9. The third-order valence-corrected chi connectivity index (χ3v) is 14.1. The van der Waals surface area contributed by atoms with Gasteiger partial charge in [0.25, 0.3) is 5.91 Å². The Morgan fingerprint density at radius 1 is 1.03 bits per heavy atom. The molecule has 1 unspecified atom stereocenters. The summed E-state index contributed by atoms with van der Waals surface area (Å²) in [5.41, 5.74) is 5.08. The van der Waals surface area contributed by atoms with Crippen molar-refractivity contribution in [3.05, 3.63) is 86.8 Å². The number of rotatable bonds is 15. The summed E-state index contributed by atoms with van der Waals surface area (Å²) in [5, 5.41) is 18.4. The summed E-state index contributed by atoms with van der Waals surface area (Å²) in [6.45, 7) is 4.61. The molecule has 4 amide bonds. The quantitative estimate of drug-likeness (QED) is 0.0607. The van der Waals surface area contributed by atoms with Crippen LogP contribution in [-0.2, 0) is 32.2 Å². The lowest BCUT2D eigenvalue weighted by atomic mass is 9.91. The van der Waals surface area contributed by atoms with Crippen molar-refractivity contribution in [2.45, 2.75) is 95.5 Å². The van der Waals surface area contributed by atoms with E-state index < -0.39 is 11.9 Å². The number of nitrogens with zero attached hydrogens (tertiary/aromatic N) is 8. The maximum atomic E-state index is 13.3. The fourth-order valence-corrected chi connectivity index (χ4v) is 10.4. The number of fused-ring (bicyclic) bond motifs is 2. The van der Waals surface area contributed by atoms with Gasteiger partial charge in [0, 0.05) is 60.6 Å². The van der Waals surface area contributed by atoms with Crippen LogP contribution in [0.4, 0.5) is 23.1 Å². The van der Waals surface area contributed by atoms with Crippen LogP contribution in [0.15, 0.2) is 60.9 Å². The highest BCUT2D eigenvalue weighted by Crippen LogP contribution is 2.39. The van der Waals surface area contributed by atoms with Crippen LogP contribution in [0.25, 0.3) is 11.3 Å². The second-order valence-corrected chi connectivity index (χ2v) is 18.8. The molecule has 2 atom stereocenters. The molecule has 1 aliphatic carbocycles. The van der Waals surface area contributed by atoms with E-state index >= 15 is 0 Å². The molecule has 0 spiro atoms. The summed E-state index contributed by atoms with van der Waals surface area (Å²) in [4.78, 5) is 66.2. The SMILES string of the molecule is CC[C@@H]1C(=O)N(C)c2cnc(Nc3ccc(-c4cn(C5CCC(NCCOCCC#Cc6cccc7c6CN(C6CCC(=O)NC6=O)C7=O)CC5)nn4)cc3OC)nc2N1Cc1ccc(Cl)s1. The normalized spacial score (nSPS) is 20.3. The number of likely N-dealkylation sites (N-methyl/N-ethyl adjacent to an activating group) is 1. The van der Waals surface area contributed by atoms with E-state index in [1.54, 1.807) is 36.2 Å². The molecule has 2 fully saturated rings. The van der Waals surface area contributed by atoms with E-state index in [-0.39, 0.29) is 36.2 Å². The zero-order valence-electron chi connectivity index (χ0n) is 37.6. The third kappa shape index (κ3) is 9.87. The van der Waals surface area contributed by atoms with Crippen LogP contribution in [0, 0.1) is 11.8 Å². The number of amides is 4. The summed E-state index contributed by atoms with van der Waals surface area (Å²) in [7, 11) is 3.38. The molecule has 9 rings (SSSR count). The third-order valence-electron chi connectivity index (χ3n) is 12.9. The molecular formula is C48H52ClN11O6S. The van der Waals surface area contributed by atoms with Gasteiger partial charge in [-0.25, -0.2) is 9.67 Å². The second-order valence-electron chi connectivity index (χ2n) is 17.0. The lowest BCUT2D eigenvalue weighted by molar-refractivity contribution is -0.137. The lowest BCUT2D eigenvalue weighted by Gasteiger charge is -2.40. The maximum absolute atomic E-state index is 13.3. The Labute approximate surface area is 397 Å². The van der Waals surface area contributed by atoms with Crippen molar-refractivity contribution >= 4 is 69.7 Å². The Hall–Kier alpha value is -6.39. The topological polar surface area (TPSA) is 189 Å². The van der Waals surface area contributed by atoms with Gasteiger partial charge in [-0.1, -0.05) is 47.7 Å². The van der Waals surface area contributed by atoms with Gasteiger partial charge in [0.15, 0.2) is 5.82 Å². The predicted molar refractivity (Wildman–Crippen MR) is 254 cm³/mol. The molecule has 3 aliphatic heterocycles. The largest absolute Gasteiger partial charge is 0.495 e. The van der Waals surface area contributed by atoms with E-state index in [0.717, 1.165) is 59.5 Å². The van der Waals surface area contributed by atoms with Crippen LogP contribution >= 0.6 is 22.9 Å². The van der Waals surface area contributed by atoms with E-state index in [0.29, 0.717) is 90.4 Å². The Morgan fingerprint density at radius 2 is 1.88 bits per heavy atom. The monoisotopic (exact) mass is 945 g/mol. The number of hydrogen-bond acceptors (Lipinski definition) is 14. The maximum Gasteiger partial charge on any atom is 0.255 e. The van der Waals surface area contributed by atoms with Gasteiger partial charge in [-0.2, -0.15) is 4.98 Å². The van der Waals surface area contributed by atoms with Crippen molar-refractivity contribution < 1.29 is 28.7 Å². The fraction of sp³-hybridized carbons (Fsp3) is 0.417. The number of carbonyl (C=O) groups excluding carboxylic acids is 4. The Morgan fingerprint density at radius 3 is 2.66 bits per heavy atom. The van der Waals surface area contributed by atoms with Crippen LogP contribution < -0.4 is 30.5 Å². The number of aromatic nitrogens is 5. The zero-order valence-corrected chi connectivity index (χ0v) is 39.2. The van der Waals surface area contributed by atoms with Gasteiger partial charge in [0.2, 0.25) is 23.7 Å². The van der Waals surface area contributed by atoms with Gasteiger partial charge in [-0.3, -0.25) is 24.5 Å². The fourth-order valence-electron chi connectivity index (χ4n) is 9.31. The average molecular weight is 947 g/mol. The molecule has 3 aromatic heterocycles. The van der Waals surface area contributed by atoms with Gasteiger partial charge in [0.05, 0.1) is 55.3 Å². The number of thiophene rings is 1. The smallest absolute Gasteiger partial charge is 0.255 e. The predicted octanol–water partition coefficient (Wildman–Crippen LogP) is 6.26. The molecule has 6 heterocycles. The number of hydrogen-bond donors (Lipinski definition) is 3. The summed E-state index contributed by atoms with van der Waals surface area (Å²) < 4.78 is 14.4. The van der Waals surface area contributed by atoms with E-state index in [9.17, 15) is 19.2 Å². The zero-order chi connectivity index (χ0) is 46.6. The van der Waals surface area contributed by atoms with Gasteiger partial charge < -0.3 is 34.8 Å². The van der Waals surface area contributed by atoms with Gasteiger partial charge in [-0.15, -0.1) is 16.4 Å². The second kappa shape index (κ2) is 20.2. The number of carbonyl (C=O) groups is 4. The molecule has 17 nitrogen and oxygen atoms in total. The van der Waals surface area contributed by atoms with Crippen LogP contribution in [0.5, 0.6) is 5.75 Å². The molecule has 0 bridgehead atoms. The molecule has 4 aliphatic rings. The standard InChI is InChI=1S/C48H52ClN11O6S/c1-4-38-47(64)57(2)40-25-51-48(54-44(40)58(38)26-33-16-19-42(49)67-33)52-36-17-11-30(24-41(36)65-3)37-28-60(56-55-37)32-14-12-31(13-15-32)50-21-23-66-22-6-5-8-29-9-7-10-34-35(29)27-59(46(34)63)39-18-20-43(61)53-45(39)62/h7,9-11,16-17,19,24-25,28,31-32,38-39,50H,4,6,12-15,18,20-23,26-27H2,1-3H3,(H,51,52,54)(H,53,61,62)/t31?,32?,38-,39?/m1/s1. The number of nitrogens with one attached hydrogen (secondary N) is 3. The number of piperidine rings is 1. The number of anilines is 4. The van der Waals surface area contributed by atoms with E-state index in [4.69, 9.17) is 26.1 Å². The number of ether oxygens (including phenoxy) is 2. The lowest BCUT2D eigenvalue weighted by Crippen LogP contribution is -2.52. The van der Waals surface area contributed by atoms with Crippen LogP contribution in [0.2, 0.25) is 4.34 Å². The number of benzene rings is 2. The molecule has 1 saturated carbocycles. The average Bonchev–Trinajstić information content (AvgIpc) is 4.08. The molecule has 348 valence electrons. The number of halogens is 1. The van der Waals surface area contributed by atoms with Crippen LogP contribution in [0.1, 0.15) is 90.7 Å². The molecule has 67 heavy (non-hydrogen) atoms. The Bertz CT molecular complexity index is 2740. The number of methoxy groups -OCH3 is 1. The van der Waals surface area contributed by atoms with Crippen molar-refractivity contribution in [2.75, 3.05) is 49.0 Å². The molecule has 5 aromatic rings. The highest BCUT2D eigenvalue weighted by atomic mass is 35.5. The minimum absolute atomic E-state index is 0.00483. The highest BCUT2D eigenvalue weighted by Gasteiger charge is 2.40. The van der Waals surface area contributed by atoms with Crippen molar-refractivity contribution in [3.8, 4) is 28.8 Å². The van der Waals surface area contributed by atoms with Crippen LogP contribution in [0.3, 0.4) is 0 Å². The molecule has 3 N–H and O–H groups in total. The van der Waals surface area contributed by atoms with Gasteiger partial charge in [-0.05, 0) is 80.5 Å². The van der Waals surface area contributed by atoms with Crippen molar-refractivity contribution in [3.63, 3.8) is 0 Å². The van der Waals surface area contributed by atoms with Crippen molar-refractivity contribution in [1.29, 1.82) is 0 Å². The Kier molecular flexibility index (Phi) is 13.8. The molecule has 0 radical (unpaired) electrons. The van der Waals surface area contributed by atoms with Gasteiger partial charge in [0.1, 0.15) is 29.2 Å². The summed E-state index contributed by atoms with van der Waals surface area (Å²) in [6.07, 6.45) is 9.37. The van der Waals surface area contributed by atoms with Crippen molar-refractivity contribution in [2.24, 2.45) is 0 Å². The highest BCUT2D eigenvalue weighted by molar-refractivity contribution is 7.16. The summed E-state index contributed by atoms with van der Waals surface area (Å²) >= 11 is 7.74. The molecule has 1 saturated heterocycles. The Balaban J connectivity index is 0.729. The first-order chi connectivity index (χ1) is 32.6. The summed E-state index contributed by atoms with van der Waals surface area (Å²) in [6, 6.07) is 14.7. The van der Waals surface area contributed by atoms with Gasteiger partial charge >= 0.3 is 0 Å².